The number of para-hydroxylation sites is 1. The van der Waals surface area contributed by atoms with Crippen molar-refractivity contribution in [2.75, 3.05) is 0 Å². The molecule has 7 heteroatoms. The van der Waals surface area contributed by atoms with Crippen LogP contribution >= 0.6 is 0 Å². The molecular weight excluding hydrogens is 498 g/mol. The molecule has 0 amide bonds. The number of hydrogen-bond acceptors (Lipinski definition) is 5. The normalized spacial score (nSPS) is 11.4. The molecule has 40 heavy (non-hydrogen) atoms. The van der Waals surface area contributed by atoms with Crippen molar-refractivity contribution in [2.45, 2.75) is 27.0 Å². The number of rotatable bonds is 7. The van der Waals surface area contributed by atoms with Crippen LogP contribution in [-0.2, 0) is 13.2 Å². The van der Waals surface area contributed by atoms with E-state index in [-0.39, 0.29) is 6.61 Å². The molecule has 7 nitrogen and oxygen atoms in total. The number of aromatic nitrogens is 5. The Morgan fingerprint density at radius 2 is 1.50 bits per heavy atom. The highest BCUT2D eigenvalue weighted by atomic mass is 16.5. The first-order valence-corrected chi connectivity index (χ1v) is 13.3. The quantitative estimate of drug-likeness (QED) is 0.219. The van der Waals surface area contributed by atoms with E-state index in [4.69, 9.17) is 24.2 Å². The van der Waals surface area contributed by atoms with Crippen LogP contribution in [0.25, 0.3) is 39.1 Å². The molecule has 0 bridgehead atoms. The van der Waals surface area contributed by atoms with E-state index in [1.165, 1.54) is 0 Å². The minimum atomic E-state index is 0.258. The Kier molecular flexibility index (Phi) is 5.89. The Hall–Kier alpha value is -5.17. The molecule has 0 radical (unpaired) electrons. The predicted molar refractivity (Wildman–Crippen MR) is 155 cm³/mol. The third kappa shape index (κ3) is 4.12. The van der Waals surface area contributed by atoms with Crippen molar-refractivity contribution in [3.63, 3.8) is 0 Å². The molecule has 4 aromatic heterocycles. The lowest BCUT2D eigenvalue weighted by atomic mass is 9.99. The van der Waals surface area contributed by atoms with Crippen molar-refractivity contribution in [3.8, 4) is 28.1 Å². The van der Waals surface area contributed by atoms with E-state index >= 15 is 0 Å². The highest BCUT2D eigenvalue weighted by molar-refractivity contribution is 6.09. The lowest BCUT2D eigenvalue weighted by Crippen LogP contribution is -2.03. The molecule has 0 saturated heterocycles. The van der Waals surface area contributed by atoms with Gasteiger partial charge < -0.3 is 13.7 Å². The van der Waals surface area contributed by atoms with Gasteiger partial charge in [0.15, 0.2) is 11.5 Å². The van der Waals surface area contributed by atoms with Gasteiger partial charge in [0.25, 0.3) is 0 Å². The van der Waals surface area contributed by atoms with Crippen molar-refractivity contribution >= 4 is 16.7 Å². The van der Waals surface area contributed by atoms with Gasteiger partial charge in [0.2, 0.25) is 0 Å². The summed E-state index contributed by atoms with van der Waals surface area (Å²) < 4.78 is 16.0. The van der Waals surface area contributed by atoms with E-state index < -0.39 is 0 Å². The van der Waals surface area contributed by atoms with E-state index in [0.29, 0.717) is 12.4 Å². The minimum Gasteiger partial charge on any atom is -0.485 e. The third-order valence-corrected chi connectivity index (χ3v) is 7.18. The Bertz CT molecular complexity index is 1920. The fraction of sp³-hybridized carbons (Fsp3) is 0.121. The SMILES string of the molecule is Cc1cccc(C)c1OCc1nc2c3c(-c4ccccc4)c(-c4ccccc4)n(Cc4ccco4)c3ncn2n1. The average Bonchev–Trinajstić information content (AvgIpc) is 3.72. The van der Waals surface area contributed by atoms with Gasteiger partial charge in [0.05, 0.1) is 23.9 Å². The third-order valence-electron chi connectivity index (χ3n) is 7.18. The molecule has 4 heterocycles. The molecular formula is C33H27N5O2. The van der Waals surface area contributed by atoms with Gasteiger partial charge in [0, 0.05) is 5.56 Å². The molecule has 7 rings (SSSR count). The largest absolute Gasteiger partial charge is 0.485 e. The maximum Gasteiger partial charge on any atom is 0.189 e. The predicted octanol–water partition coefficient (Wildman–Crippen LogP) is 7.25. The second-order valence-electron chi connectivity index (χ2n) is 9.87. The maximum atomic E-state index is 6.20. The van der Waals surface area contributed by atoms with Gasteiger partial charge in [-0.25, -0.2) is 14.5 Å². The molecule has 3 aromatic carbocycles. The zero-order valence-electron chi connectivity index (χ0n) is 22.3. The van der Waals surface area contributed by atoms with Crippen LogP contribution in [0, 0.1) is 13.8 Å². The van der Waals surface area contributed by atoms with Gasteiger partial charge in [-0.1, -0.05) is 78.9 Å². The molecule has 0 aliphatic carbocycles. The van der Waals surface area contributed by atoms with Gasteiger partial charge in [-0.05, 0) is 48.2 Å². The van der Waals surface area contributed by atoms with Crippen LogP contribution in [0.1, 0.15) is 22.7 Å². The first kappa shape index (κ1) is 23.9. The molecule has 196 valence electrons. The van der Waals surface area contributed by atoms with Crippen molar-refractivity contribution in [3.05, 3.63) is 126 Å². The molecule has 0 fully saturated rings. The second-order valence-corrected chi connectivity index (χ2v) is 9.87. The number of hydrogen-bond donors (Lipinski definition) is 0. The smallest absolute Gasteiger partial charge is 0.189 e. The van der Waals surface area contributed by atoms with Crippen molar-refractivity contribution < 1.29 is 9.15 Å². The summed E-state index contributed by atoms with van der Waals surface area (Å²) in [6.07, 6.45) is 3.43. The molecule has 0 N–H and O–H groups in total. The Labute approximate surface area is 231 Å². The summed E-state index contributed by atoms with van der Waals surface area (Å²) >= 11 is 0. The van der Waals surface area contributed by atoms with E-state index in [1.54, 1.807) is 17.1 Å². The van der Waals surface area contributed by atoms with Crippen LogP contribution in [0.15, 0.2) is 108 Å². The summed E-state index contributed by atoms with van der Waals surface area (Å²) in [6.45, 7) is 4.88. The van der Waals surface area contributed by atoms with E-state index in [9.17, 15) is 0 Å². The summed E-state index contributed by atoms with van der Waals surface area (Å²) in [7, 11) is 0. The van der Waals surface area contributed by atoms with Crippen LogP contribution in [0.5, 0.6) is 5.75 Å². The zero-order valence-corrected chi connectivity index (χ0v) is 22.3. The number of furan rings is 1. The van der Waals surface area contributed by atoms with Crippen LogP contribution in [-0.4, -0.2) is 24.1 Å². The Balaban J connectivity index is 1.46. The van der Waals surface area contributed by atoms with Gasteiger partial charge in [0.1, 0.15) is 30.1 Å². The van der Waals surface area contributed by atoms with Gasteiger partial charge >= 0.3 is 0 Å². The average molecular weight is 526 g/mol. The highest BCUT2D eigenvalue weighted by Gasteiger charge is 2.25. The van der Waals surface area contributed by atoms with Crippen molar-refractivity contribution in [2.24, 2.45) is 0 Å². The number of ether oxygens (including phenoxy) is 1. The number of aryl methyl sites for hydroxylation is 2. The lowest BCUT2D eigenvalue weighted by molar-refractivity contribution is 0.292. The molecule has 0 atom stereocenters. The van der Waals surface area contributed by atoms with E-state index in [0.717, 1.165) is 61.7 Å². The molecule has 0 aliphatic heterocycles. The fourth-order valence-electron chi connectivity index (χ4n) is 5.40. The summed E-state index contributed by atoms with van der Waals surface area (Å²) in [5.74, 6) is 2.31. The van der Waals surface area contributed by atoms with Crippen molar-refractivity contribution in [1.29, 1.82) is 0 Å². The molecule has 0 aliphatic rings. The van der Waals surface area contributed by atoms with Crippen LogP contribution in [0.4, 0.5) is 0 Å². The summed E-state index contributed by atoms with van der Waals surface area (Å²) in [5, 5.41) is 5.68. The van der Waals surface area contributed by atoms with Crippen LogP contribution in [0.3, 0.4) is 0 Å². The van der Waals surface area contributed by atoms with E-state index in [1.807, 2.05) is 56.3 Å². The zero-order chi connectivity index (χ0) is 27.1. The first-order chi connectivity index (χ1) is 19.7. The number of benzene rings is 3. The fourth-order valence-corrected chi connectivity index (χ4v) is 5.40. The summed E-state index contributed by atoms with van der Waals surface area (Å²) in [5.41, 5.74) is 7.99. The van der Waals surface area contributed by atoms with Gasteiger partial charge in [-0.2, -0.15) is 0 Å². The Morgan fingerprint density at radius 1 is 0.775 bits per heavy atom. The molecule has 0 spiro atoms. The highest BCUT2D eigenvalue weighted by Crippen LogP contribution is 2.42. The number of fused-ring (bicyclic) bond motifs is 3. The molecule has 7 aromatic rings. The van der Waals surface area contributed by atoms with Crippen LogP contribution < -0.4 is 4.74 Å². The topological polar surface area (TPSA) is 70.4 Å². The first-order valence-electron chi connectivity index (χ1n) is 13.3. The summed E-state index contributed by atoms with van der Waals surface area (Å²) in [6, 6.07) is 30.8. The number of nitrogens with zero attached hydrogens (tertiary/aromatic N) is 5. The molecule has 0 unspecified atom stereocenters. The minimum absolute atomic E-state index is 0.258. The Morgan fingerprint density at radius 3 is 2.20 bits per heavy atom. The molecule has 0 saturated carbocycles. The van der Waals surface area contributed by atoms with Crippen molar-refractivity contribution in [1.82, 2.24) is 24.1 Å². The monoisotopic (exact) mass is 525 g/mol. The lowest BCUT2D eigenvalue weighted by Gasteiger charge is -2.11. The maximum absolute atomic E-state index is 6.20. The summed E-state index contributed by atoms with van der Waals surface area (Å²) in [4.78, 5) is 9.92. The standard InChI is InChI=1S/C33H27N5O2/c1-22-11-9-12-23(2)31(22)40-20-27-35-33-29-28(24-13-5-3-6-14-24)30(25-15-7-4-8-16-25)37(19-26-17-10-18-39-26)32(29)34-21-38(33)36-27/h3-18,21H,19-20H2,1-2H3. The van der Waals surface area contributed by atoms with Gasteiger partial charge in [-0.3, -0.25) is 0 Å². The second kappa shape index (κ2) is 9.85. The van der Waals surface area contributed by atoms with Gasteiger partial charge in [-0.15, -0.1) is 5.10 Å². The van der Waals surface area contributed by atoms with E-state index in [2.05, 4.69) is 53.1 Å². The van der Waals surface area contributed by atoms with Crippen LogP contribution in [0.2, 0.25) is 0 Å².